The highest BCUT2D eigenvalue weighted by atomic mass is 16.1. The summed E-state index contributed by atoms with van der Waals surface area (Å²) in [5.41, 5.74) is 0. The summed E-state index contributed by atoms with van der Waals surface area (Å²) in [4.78, 5) is 16.0. The van der Waals surface area contributed by atoms with E-state index in [0.717, 1.165) is 43.6 Å². The summed E-state index contributed by atoms with van der Waals surface area (Å²) in [6.45, 7) is 10.9. The Morgan fingerprint density at radius 1 is 0.903 bits per heavy atom. The van der Waals surface area contributed by atoms with Gasteiger partial charge in [0, 0.05) is 6.92 Å². The number of amides is 1. The van der Waals surface area contributed by atoms with E-state index >= 15 is 0 Å². The Hall–Kier alpha value is -1.16. The van der Waals surface area contributed by atoms with Gasteiger partial charge in [0.25, 0.3) is 0 Å². The van der Waals surface area contributed by atoms with E-state index in [4.69, 9.17) is 4.99 Å². The van der Waals surface area contributed by atoms with Crippen LogP contribution >= 0.6 is 0 Å². The van der Waals surface area contributed by atoms with Gasteiger partial charge < -0.3 is 5.32 Å². The van der Waals surface area contributed by atoms with Crippen molar-refractivity contribution < 1.29 is 9.28 Å². The predicted molar refractivity (Wildman–Crippen MR) is 136 cm³/mol. The van der Waals surface area contributed by atoms with E-state index in [1.165, 1.54) is 95.7 Å². The number of unbranched alkanes of at least 4 members (excludes halogenated alkanes) is 13. The van der Waals surface area contributed by atoms with Gasteiger partial charge in [-0.1, -0.05) is 96.1 Å². The number of hydrogen-bond acceptors (Lipinski definition) is 2. The average Bonchev–Trinajstić information content (AvgIpc) is 3.16. The van der Waals surface area contributed by atoms with Crippen molar-refractivity contribution in [1.82, 2.24) is 5.32 Å². The summed E-state index contributed by atoms with van der Waals surface area (Å²) < 4.78 is 0.948. The lowest BCUT2D eigenvalue weighted by atomic mass is 10.0. The molecule has 1 unspecified atom stereocenters. The molecule has 1 aliphatic heterocycles. The molecule has 0 aliphatic carbocycles. The van der Waals surface area contributed by atoms with Crippen molar-refractivity contribution in [3.8, 4) is 0 Å². The summed E-state index contributed by atoms with van der Waals surface area (Å²) in [5.74, 6) is 1.36. The van der Waals surface area contributed by atoms with Gasteiger partial charge in [-0.3, -0.25) is 9.28 Å². The monoisotopic (exact) mass is 434 g/mol. The average molecular weight is 435 g/mol. The van der Waals surface area contributed by atoms with Crippen LogP contribution in [0.15, 0.2) is 17.1 Å². The maximum atomic E-state index is 11.2. The molecule has 180 valence electrons. The molecule has 0 aromatic heterocycles. The van der Waals surface area contributed by atoms with Crippen LogP contribution in [0.5, 0.6) is 0 Å². The third-order valence-corrected chi connectivity index (χ3v) is 6.83. The molecule has 0 saturated carbocycles. The van der Waals surface area contributed by atoms with Crippen molar-refractivity contribution in [1.29, 1.82) is 0 Å². The Bertz CT molecular complexity index is 515. The fraction of sp³-hybridized carbons (Fsp3) is 0.852. The molecule has 1 N–H and O–H groups in total. The van der Waals surface area contributed by atoms with E-state index in [0.29, 0.717) is 0 Å². The van der Waals surface area contributed by atoms with Crippen molar-refractivity contribution in [3.63, 3.8) is 0 Å². The summed E-state index contributed by atoms with van der Waals surface area (Å²) >= 11 is 0. The van der Waals surface area contributed by atoms with Crippen LogP contribution < -0.4 is 5.32 Å². The molecule has 0 saturated heterocycles. The van der Waals surface area contributed by atoms with E-state index < -0.39 is 0 Å². The normalized spacial score (nSPS) is 18.6. The van der Waals surface area contributed by atoms with E-state index in [2.05, 4.69) is 31.3 Å². The Kier molecular flexibility index (Phi) is 16.6. The number of amidine groups is 1. The number of rotatable bonds is 20. The SMILES string of the molecule is CCCCCCCCCCCCCCC/C=C/CC1=NCC[N+]1(CC)CCNC(C)=O. The van der Waals surface area contributed by atoms with Gasteiger partial charge in [-0.15, -0.1) is 0 Å². The highest BCUT2D eigenvalue weighted by Gasteiger charge is 2.35. The Morgan fingerprint density at radius 3 is 2.03 bits per heavy atom. The molecule has 1 heterocycles. The van der Waals surface area contributed by atoms with Crippen molar-refractivity contribution in [2.24, 2.45) is 4.99 Å². The van der Waals surface area contributed by atoms with Crippen LogP contribution in [0, 0.1) is 0 Å². The fourth-order valence-corrected chi connectivity index (χ4v) is 4.68. The molecule has 0 radical (unpaired) electrons. The maximum absolute atomic E-state index is 11.2. The minimum absolute atomic E-state index is 0.0599. The molecule has 4 heteroatoms. The van der Waals surface area contributed by atoms with Gasteiger partial charge in [0.2, 0.25) is 11.7 Å². The third kappa shape index (κ3) is 13.1. The molecule has 1 amide bonds. The first-order valence-electron chi connectivity index (χ1n) is 13.4. The first-order chi connectivity index (χ1) is 15.1. The molecule has 0 aromatic carbocycles. The number of aliphatic imine (C=N–C) groups is 1. The van der Waals surface area contributed by atoms with Crippen LogP contribution in [-0.4, -0.2) is 48.9 Å². The minimum atomic E-state index is 0.0599. The summed E-state index contributed by atoms with van der Waals surface area (Å²) in [5, 5.41) is 2.95. The lowest BCUT2D eigenvalue weighted by Crippen LogP contribution is -2.53. The van der Waals surface area contributed by atoms with Crippen LogP contribution in [0.2, 0.25) is 0 Å². The molecule has 31 heavy (non-hydrogen) atoms. The number of quaternary nitrogens is 1. The number of likely N-dealkylation sites (N-methyl/N-ethyl adjacent to an activating group) is 1. The van der Waals surface area contributed by atoms with Gasteiger partial charge >= 0.3 is 0 Å². The molecule has 1 aliphatic rings. The van der Waals surface area contributed by atoms with Gasteiger partial charge in [-0.2, -0.15) is 0 Å². The Labute approximate surface area is 193 Å². The number of nitrogens with zero attached hydrogens (tertiary/aromatic N) is 2. The van der Waals surface area contributed by atoms with Crippen LogP contribution in [0.4, 0.5) is 0 Å². The second-order valence-electron chi connectivity index (χ2n) is 9.40. The Morgan fingerprint density at radius 2 is 1.48 bits per heavy atom. The van der Waals surface area contributed by atoms with Crippen LogP contribution in [0.1, 0.15) is 117 Å². The van der Waals surface area contributed by atoms with Gasteiger partial charge in [-0.25, -0.2) is 4.99 Å². The highest BCUT2D eigenvalue weighted by molar-refractivity contribution is 5.78. The molecule has 0 bridgehead atoms. The summed E-state index contributed by atoms with van der Waals surface area (Å²) in [7, 11) is 0. The van der Waals surface area contributed by atoms with Gasteiger partial charge in [0.15, 0.2) is 0 Å². The summed E-state index contributed by atoms with van der Waals surface area (Å²) in [6, 6.07) is 0. The molecule has 4 nitrogen and oxygen atoms in total. The van der Waals surface area contributed by atoms with Crippen molar-refractivity contribution >= 4 is 11.7 Å². The number of carbonyl (C=O) groups is 1. The van der Waals surface area contributed by atoms with E-state index in [9.17, 15) is 4.79 Å². The minimum Gasteiger partial charge on any atom is -0.351 e. The lowest BCUT2D eigenvalue weighted by molar-refractivity contribution is -0.832. The molecule has 0 fully saturated rings. The second-order valence-corrected chi connectivity index (χ2v) is 9.40. The molecular weight excluding hydrogens is 382 g/mol. The zero-order valence-corrected chi connectivity index (χ0v) is 21.1. The second kappa shape index (κ2) is 18.4. The van der Waals surface area contributed by atoms with E-state index in [1.54, 1.807) is 6.92 Å². The van der Waals surface area contributed by atoms with Crippen molar-refractivity contribution in [3.05, 3.63) is 12.2 Å². The van der Waals surface area contributed by atoms with E-state index in [-0.39, 0.29) is 5.91 Å². The van der Waals surface area contributed by atoms with Crippen LogP contribution in [0.25, 0.3) is 0 Å². The number of allylic oxidation sites excluding steroid dienone is 1. The topological polar surface area (TPSA) is 41.5 Å². The third-order valence-electron chi connectivity index (χ3n) is 6.83. The molecule has 0 spiro atoms. The first-order valence-corrected chi connectivity index (χ1v) is 13.4. The smallest absolute Gasteiger partial charge is 0.217 e. The van der Waals surface area contributed by atoms with Gasteiger partial charge in [0.05, 0.1) is 26.1 Å². The van der Waals surface area contributed by atoms with Crippen molar-refractivity contribution in [2.45, 2.75) is 117 Å². The fourth-order valence-electron chi connectivity index (χ4n) is 4.68. The Balaban J connectivity index is 2.01. The quantitative estimate of drug-likeness (QED) is 0.128. The van der Waals surface area contributed by atoms with Crippen molar-refractivity contribution in [2.75, 3.05) is 32.7 Å². The molecular formula is C27H52N3O+. The summed E-state index contributed by atoms with van der Waals surface area (Å²) in [6.07, 6.45) is 25.2. The number of nitrogens with one attached hydrogen (secondary N) is 1. The zero-order valence-electron chi connectivity index (χ0n) is 21.1. The number of carbonyl (C=O) groups excluding carboxylic acids is 1. The predicted octanol–water partition coefficient (Wildman–Crippen LogP) is 6.80. The van der Waals surface area contributed by atoms with Crippen LogP contribution in [-0.2, 0) is 4.79 Å². The van der Waals surface area contributed by atoms with Gasteiger partial charge in [-0.05, 0) is 19.8 Å². The largest absolute Gasteiger partial charge is 0.351 e. The standard InChI is InChI=1S/C27H51N3O/c1-4-6-7-8-9-10-11-12-13-14-15-16-17-18-19-20-21-27-29-23-25-30(27,5-2)24-22-28-26(3)31/h19-20H,4-18,21-25H2,1-3H3/p+1/b20-19+. The lowest BCUT2D eigenvalue weighted by Gasteiger charge is -2.33. The number of hydrogen-bond donors (Lipinski definition) is 1. The van der Waals surface area contributed by atoms with E-state index in [1.807, 2.05) is 0 Å². The molecule has 1 rings (SSSR count). The van der Waals surface area contributed by atoms with Gasteiger partial charge in [0.1, 0.15) is 13.1 Å². The van der Waals surface area contributed by atoms with Crippen LogP contribution in [0.3, 0.4) is 0 Å². The molecule has 0 aromatic rings. The first kappa shape index (κ1) is 27.9. The maximum Gasteiger partial charge on any atom is 0.217 e. The zero-order chi connectivity index (χ0) is 22.6. The molecule has 1 atom stereocenters. The highest BCUT2D eigenvalue weighted by Crippen LogP contribution is 2.18.